The molecule has 118 valence electrons. The highest BCUT2D eigenvalue weighted by Gasteiger charge is 2.05. The number of ether oxygens (including phenoxy) is 2. The lowest BCUT2D eigenvalue weighted by Crippen LogP contribution is -1.94. The lowest BCUT2D eigenvalue weighted by Gasteiger charge is -2.06. The molecule has 2 aromatic carbocycles. The standard InChI is InChI=1S/C17H17N3O2S/c1-11-5-4-6-14-16(11)23-17(19-14)20-18-10-12-7-8-13(21-2)9-15(12)22-3/h4-10H,1-3H3,(H,19,20)/b18-10+. The molecule has 0 atom stereocenters. The van der Waals surface area contributed by atoms with Gasteiger partial charge in [0, 0.05) is 11.6 Å². The third-order valence-corrected chi connectivity index (χ3v) is 4.53. The summed E-state index contributed by atoms with van der Waals surface area (Å²) in [4.78, 5) is 4.52. The number of benzene rings is 2. The molecule has 0 aliphatic heterocycles. The molecule has 0 bridgehead atoms. The molecule has 0 fully saturated rings. The van der Waals surface area contributed by atoms with Crippen molar-refractivity contribution in [2.45, 2.75) is 6.92 Å². The van der Waals surface area contributed by atoms with Crippen LogP contribution in [0, 0.1) is 6.92 Å². The van der Waals surface area contributed by atoms with Gasteiger partial charge in [-0.05, 0) is 30.7 Å². The van der Waals surface area contributed by atoms with Crippen molar-refractivity contribution in [1.82, 2.24) is 4.98 Å². The summed E-state index contributed by atoms with van der Waals surface area (Å²) < 4.78 is 11.7. The van der Waals surface area contributed by atoms with Crippen molar-refractivity contribution in [3.63, 3.8) is 0 Å². The van der Waals surface area contributed by atoms with Gasteiger partial charge in [0.1, 0.15) is 11.5 Å². The van der Waals surface area contributed by atoms with E-state index in [1.807, 2.05) is 30.3 Å². The van der Waals surface area contributed by atoms with Gasteiger partial charge in [-0.2, -0.15) is 5.10 Å². The van der Waals surface area contributed by atoms with Gasteiger partial charge in [0.15, 0.2) is 0 Å². The highest BCUT2D eigenvalue weighted by atomic mass is 32.1. The first-order valence-corrected chi connectivity index (χ1v) is 7.90. The maximum atomic E-state index is 5.34. The van der Waals surface area contributed by atoms with Crippen molar-refractivity contribution in [1.29, 1.82) is 0 Å². The molecule has 0 aliphatic carbocycles. The number of fused-ring (bicyclic) bond motifs is 1. The summed E-state index contributed by atoms with van der Waals surface area (Å²) >= 11 is 1.59. The molecule has 23 heavy (non-hydrogen) atoms. The molecule has 1 N–H and O–H groups in total. The monoisotopic (exact) mass is 327 g/mol. The molecular formula is C17H17N3O2S. The maximum Gasteiger partial charge on any atom is 0.204 e. The Bertz CT molecular complexity index is 858. The average Bonchev–Trinajstić information content (AvgIpc) is 2.99. The van der Waals surface area contributed by atoms with Gasteiger partial charge in [0.25, 0.3) is 0 Å². The molecule has 0 amide bonds. The molecule has 0 radical (unpaired) electrons. The van der Waals surface area contributed by atoms with E-state index in [2.05, 4.69) is 28.5 Å². The Hall–Kier alpha value is -2.60. The van der Waals surface area contributed by atoms with Crippen LogP contribution in [-0.2, 0) is 0 Å². The Morgan fingerprint density at radius 2 is 2.04 bits per heavy atom. The predicted molar refractivity (Wildman–Crippen MR) is 95.1 cm³/mol. The molecule has 5 nitrogen and oxygen atoms in total. The van der Waals surface area contributed by atoms with Crippen LogP contribution in [0.3, 0.4) is 0 Å². The zero-order valence-electron chi connectivity index (χ0n) is 13.2. The molecule has 1 aromatic heterocycles. The van der Waals surface area contributed by atoms with E-state index < -0.39 is 0 Å². The minimum atomic E-state index is 0.704. The number of rotatable bonds is 5. The molecule has 0 saturated heterocycles. The van der Waals surface area contributed by atoms with E-state index in [1.165, 1.54) is 10.3 Å². The first kappa shape index (κ1) is 15.3. The molecule has 6 heteroatoms. The van der Waals surface area contributed by atoms with Gasteiger partial charge in [-0.3, -0.25) is 5.43 Å². The van der Waals surface area contributed by atoms with Gasteiger partial charge in [0.2, 0.25) is 5.13 Å². The number of nitrogens with zero attached hydrogens (tertiary/aromatic N) is 2. The van der Waals surface area contributed by atoms with E-state index in [0.717, 1.165) is 22.0 Å². The Balaban J connectivity index is 1.79. The van der Waals surface area contributed by atoms with E-state index in [-0.39, 0.29) is 0 Å². The molecule has 1 heterocycles. The van der Waals surface area contributed by atoms with Crippen molar-refractivity contribution in [3.05, 3.63) is 47.5 Å². The van der Waals surface area contributed by atoms with Crippen LogP contribution in [0.4, 0.5) is 5.13 Å². The Labute approximate surface area is 138 Å². The van der Waals surface area contributed by atoms with Gasteiger partial charge in [0.05, 0.1) is 30.7 Å². The van der Waals surface area contributed by atoms with E-state index in [1.54, 1.807) is 31.8 Å². The van der Waals surface area contributed by atoms with Gasteiger partial charge in [-0.15, -0.1) is 0 Å². The summed E-state index contributed by atoms with van der Waals surface area (Å²) in [6, 6.07) is 11.7. The Morgan fingerprint density at radius 1 is 1.17 bits per heavy atom. The van der Waals surface area contributed by atoms with Gasteiger partial charge < -0.3 is 9.47 Å². The normalized spacial score (nSPS) is 11.1. The van der Waals surface area contributed by atoms with Crippen LogP contribution in [0.1, 0.15) is 11.1 Å². The number of aromatic nitrogens is 1. The highest BCUT2D eigenvalue weighted by Crippen LogP contribution is 2.28. The number of hydrogen-bond acceptors (Lipinski definition) is 6. The van der Waals surface area contributed by atoms with Crippen LogP contribution < -0.4 is 14.9 Å². The van der Waals surface area contributed by atoms with E-state index in [9.17, 15) is 0 Å². The second-order valence-electron chi connectivity index (χ2n) is 4.92. The second-order valence-corrected chi connectivity index (χ2v) is 5.92. The smallest absolute Gasteiger partial charge is 0.204 e. The van der Waals surface area contributed by atoms with Crippen molar-refractivity contribution < 1.29 is 9.47 Å². The number of hydrogen-bond donors (Lipinski definition) is 1. The average molecular weight is 327 g/mol. The van der Waals surface area contributed by atoms with Crippen LogP contribution in [0.25, 0.3) is 10.2 Å². The zero-order chi connectivity index (χ0) is 16.2. The van der Waals surface area contributed by atoms with Gasteiger partial charge >= 0.3 is 0 Å². The lowest BCUT2D eigenvalue weighted by molar-refractivity contribution is 0.394. The highest BCUT2D eigenvalue weighted by molar-refractivity contribution is 7.22. The summed E-state index contributed by atoms with van der Waals surface area (Å²) in [5, 5.41) is 5.02. The topological polar surface area (TPSA) is 55.7 Å². The maximum absolute atomic E-state index is 5.34. The summed E-state index contributed by atoms with van der Waals surface area (Å²) in [6.07, 6.45) is 1.71. The number of hydrazone groups is 1. The number of aryl methyl sites for hydroxylation is 1. The summed E-state index contributed by atoms with van der Waals surface area (Å²) in [5.74, 6) is 1.45. The van der Waals surface area contributed by atoms with Crippen molar-refractivity contribution in [3.8, 4) is 11.5 Å². The molecule has 0 aliphatic rings. The molecule has 0 unspecified atom stereocenters. The first-order chi connectivity index (χ1) is 11.2. The third kappa shape index (κ3) is 3.27. The van der Waals surface area contributed by atoms with E-state index in [0.29, 0.717) is 5.75 Å². The van der Waals surface area contributed by atoms with Crippen molar-refractivity contribution in [2.75, 3.05) is 19.6 Å². The fourth-order valence-electron chi connectivity index (χ4n) is 2.22. The lowest BCUT2D eigenvalue weighted by atomic mass is 10.2. The predicted octanol–water partition coefficient (Wildman–Crippen LogP) is 4.07. The first-order valence-electron chi connectivity index (χ1n) is 7.08. The number of methoxy groups -OCH3 is 2. The summed E-state index contributed by atoms with van der Waals surface area (Å²) in [5.41, 5.74) is 6.04. The van der Waals surface area contributed by atoms with Crippen LogP contribution in [0.2, 0.25) is 0 Å². The number of thiazole rings is 1. The third-order valence-electron chi connectivity index (χ3n) is 3.42. The van der Waals surface area contributed by atoms with Crippen LogP contribution in [0.5, 0.6) is 11.5 Å². The van der Waals surface area contributed by atoms with Gasteiger partial charge in [-0.1, -0.05) is 23.5 Å². The Morgan fingerprint density at radius 3 is 2.78 bits per heavy atom. The minimum Gasteiger partial charge on any atom is -0.497 e. The van der Waals surface area contributed by atoms with Crippen LogP contribution in [-0.4, -0.2) is 25.4 Å². The van der Waals surface area contributed by atoms with Crippen molar-refractivity contribution >= 4 is 32.9 Å². The molecule has 3 rings (SSSR count). The quantitative estimate of drug-likeness (QED) is 0.567. The molecule has 3 aromatic rings. The molecular weight excluding hydrogens is 310 g/mol. The van der Waals surface area contributed by atoms with Crippen LogP contribution in [0.15, 0.2) is 41.5 Å². The zero-order valence-corrected chi connectivity index (χ0v) is 14.0. The van der Waals surface area contributed by atoms with Crippen molar-refractivity contribution in [2.24, 2.45) is 5.10 Å². The minimum absolute atomic E-state index is 0.704. The molecule has 0 saturated carbocycles. The second kappa shape index (κ2) is 6.66. The SMILES string of the molecule is COc1ccc(/C=N/Nc2nc3cccc(C)c3s2)c(OC)c1. The molecule has 0 spiro atoms. The largest absolute Gasteiger partial charge is 0.497 e. The fraction of sp³-hybridized carbons (Fsp3) is 0.176. The van der Waals surface area contributed by atoms with Crippen LogP contribution >= 0.6 is 11.3 Å². The number of anilines is 1. The summed E-state index contributed by atoms with van der Waals surface area (Å²) in [7, 11) is 3.25. The Kier molecular flexibility index (Phi) is 4.43. The van der Waals surface area contributed by atoms with E-state index in [4.69, 9.17) is 9.47 Å². The fourth-order valence-corrected chi connectivity index (χ4v) is 3.10. The van der Waals surface area contributed by atoms with E-state index >= 15 is 0 Å². The van der Waals surface area contributed by atoms with Gasteiger partial charge in [-0.25, -0.2) is 4.98 Å². The number of nitrogens with one attached hydrogen (secondary N) is 1. The summed E-state index contributed by atoms with van der Waals surface area (Å²) in [6.45, 7) is 2.08.